The summed E-state index contributed by atoms with van der Waals surface area (Å²) in [5.41, 5.74) is 4.11. The molecule has 0 bridgehead atoms. The summed E-state index contributed by atoms with van der Waals surface area (Å²) in [6.45, 7) is 6.11. The Balaban J connectivity index is 1.29. The van der Waals surface area contributed by atoms with Gasteiger partial charge >= 0.3 is 0 Å². The van der Waals surface area contributed by atoms with Crippen molar-refractivity contribution in [3.8, 4) is 0 Å². The fourth-order valence-electron chi connectivity index (χ4n) is 3.68. The van der Waals surface area contributed by atoms with Gasteiger partial charge in [-0.1, -0.05) is 41.6 Å². The normalized spacial score (nSPS) is 20.0. The smallest absolute Gasteiger partial charge is 0.266 e. The van der Waals surface area contributed by atoms with Crippen LogP contribution in [0.1, 0.15) is 23.1 Å². The zero-order valence-electron chi connectivity index (χ0n) is 16.0. The molecule has 1 saturated heterocycles. The van der Waals surface area contributed by atoms with Gasteiger partial charge in [-0.25, -0.2) is 4.39 Å². The number of hydrogen-bond donors (Lipinski definition) is 0. The molecule has 2 aromatic carbocycles. The molecule has 0 radical (unpaired) electrons. The van der Waals surface area contributed by atoms with Gasteiger partial charge in [-0.3, -0.25) is 9.69 Å². The second-order valence-corrected chi connectivity index (χ2v) is 7.37. The molecule has 4 rings (SSSR count). The van der Waals surface area contributed by atoms with E-state index < -0.39 is 6.10 Å². The summed E-state index contributed by atoms with van der Waals surface area (Å²) in [6, 6.07) is 14.5. The molecule has 2 aromatic rings. The number of carbonyl (C=O) groups is 1. The van der Waals surface area contributed by atoms with Crippen LogP contribution in [0.2, 0.25) is 0 Å². The lowest BCUT2D eigenvalue weighted by Gasteiger charge is -2.35. The van der Waals surface area contributed by atoms with Crippen LogP contribution >= 0.6 is 0 Å². The molecule has 2 heterocycles. The number of piperazine rings is 1. The quantitative estimate of drug-likeness (QED) is 0.818. The number of oxime groups is 1. The lowest BCUT2D eigenvalue weighted by molar-refractivity contribution is -0.143. The highest BCUT2D eigenvalue weighted by molar-refractivity contribution is 6.04. The first-order valence-electron chi connectivity index (χ1n) is 9.64. The number of nitrogens with zero attached hydrogens (tertiary/aromatic N) is 3. The summed E-state index contributed by atoms with van der Waals surface area (Å²) >= 11 is 0. The monoisotopic (exact) mass is 381 g/mol. The van der Waals surface area contributed by atoms with E-state index in [2.05, 4.69) is 41.2 Å². The minimum Gasteiger partial charge on any atom is -0.382 e. The molecule has 0 N–H and O–H groups in total. The lowest BCUT2D eigenvalue weighted by atomic mass is 10.0. The van der Waals surface area contributed by atoms with Crippen molar-refractivity contribution in [2.45, 2.75) is 26.0 Å². The average Bonchev–Trinajstić information content (AvgIpc) is 3.20. The maximum absolute atomic E-state index is 13.1. The van der Waals surface area contributed by atoms with Gasteiger partial charge < -0.3 is 9.74 Å². The van der Waals surface area contributed by atoms with Crippen LogP contribution in [0.15, 0.2) is 53.7 Å². The second kappa shape index (κ2) is 8.10. The molecule has 1 amide bonds. The molecule has 0 aliphatic carbocycles. The number of benzene rings is 2. The van der Waals surface area contributed by atoms with Gasteiger partial charge in [-0.15, -0.1) is 0 Å². The summed E-state index contributed by atoms with van der Waals surface area (Å²) < 4.78 is 13.1. The summed E-state index contributed by atoms with van der Waals surface area (Å²) in [7, 11) is 0. The van der Waals surface area contributed by atoms with Crippen LogP contribution in [0, 0.1) is 12.7 Å². The van der Waals surface area contributed by atoms with Crippen LogP contribution in [-0.2, 0) is 16.2 Å². The highest BCUT2D eigenvalue weighted by Crippen LogP contribution is 2.20. The van der Waals surface area contributed by atoms with Crippen LogP contribution in [0.5, 0.6) is 0 Å². The van der Waals surface area contributed by atoms with Gasteiger partial charge in [0.1, 0.15) is 5.82 Å². The van der Waals surface area contributed by atoms with Crippen LogP contribution in [0.3, 0.4) is 0 Å². The largest absolute Gasteiger partial charge is 0.382 e. The molecule has 2 aliphatic heterocycles. The molecule has 146 valence electrons. The Bertz CT molecular complexity index is 874. The van der Waals surface area contributed by atoms with Gasteiger partial charge in [-0.2, -0.15) is 0 Å². The Morgan fingerprint density at radius 1 is 1.11 bits per heavy atom. The van der Waals surface area contributed by atoms with Gasteiger partial charge in [0.2, 0.25) is 6.10 Å². The van der Waals surface area contributed by atoms with E-state index in [-0.39, 0.29) is 11.7 Å². The number of aryl methyl sites for hydroxylation is 1. The summed E-state index contributed by atoms with van der Waals surface area (Å²) in [6.07, 6.45) is -0.156. The van der Waals surface area contributed by atoms with Gasteiger partial charge in [0.05, 0.1) is 5.71 Å². The number of amides is 1. The second-order valence-electron chi connectivity index (χ2n) is 7.37. The maximum atomic E-state index is 13.1. The molecule has 0 aromatic heterocycles. The van der Waals surface area contributed by atoms with E-state index in [1.807, 2.05) is 4.90 Å². The van der Waals surface area contributed by atoms with E-state index in [9.17, 15) is 9.18 Å². The molecule has 28 heavy (non-hydrogen) atoms. The highest BCUT2D eigenvalue weighted by Gasteiger charge is 2.33. The maximum Gasteiger partial charge on any atom is 0.266 e. The third-order valence-corrected chi connectivity index (χ3v) is 5.46. The first-order chi connectivity index (χ1) is 13.6. The third kappa shape index (κ3) is 4.07. The number of rotatable bonds is 4. The molecule has 1 atom stereocenters. The van der Waals surface area contributed by atoms with Crippen LogP contribution in [0.4, 0.5) is 4.39 Å². The Morgan fingerprint density at radius 2 is 1.82 bits per heavy atom. The number of carbonyl (C=O) groups excluding carboxylic acids is 1. The van der Waals surface area contributed by atoms with Crippen molar-refractivity contribution < 1.29 is 14.0 Å². The topological polar surface area (TPSA) is 45.1 Å². The molecule has 0 saturated carbocycles. The molecule has 1 unspecified atom stereocenters. The minimum absolute atomic E-state index is 0.0172. The van der Waals surface area contributed by atoms with Crippen molar-refractivity contribution in [2.75, 3.05) is 26.2 Å². The zero-order valence-corrected chi connectivity index (χ0v) is 16.0. The van der Waals surface area contributed by atoms with Crippen molar-refractivity contribution in [3.63, 3.8) is 0 Å². The molecule has 0 spiro atoms. The lowest BCUT2D eigenvalue weighted by Crippen LogP contribution is -2.51. The van der Waals surface area contributed by atoms with Crippen LogP contribution < -0.4 is 0 Å². The van der Waals surface area contributed by atoms with Crippen molar-refractivity contribution >= 4 is 11.6 Å². The fourth-order valence-corrected chi connectivity index (χ4v) is 3.68. The average molecular weight is 381 g/mol. The van der Waals surface area contributed by atoms with Crippen molar-refractivity contribution in [3.05, 3.63) is 71.0 Å². The summed E-state index contributed by atoms with van der Waals surface area (Å²) in [5.74, 6) is -0.309. The number of hydrogen-bond acceptors (Lipinski definition) is 4. The van der Waals surface area contributed by atoms with E-state index in [1.54, 1.807) is 12.1 Å². The Hall–Kier alpha value is -2.73. The predicted octanol–water partition coefficient (Wildman–Crippen LogP) is 2.97. The molecule has 5 nitrogen and oxygen atoms in total. The highest BCUT2D eigenvalue weighted by atomic mass is 19.1. The van der Waals surface area contributed by atoms with E-state index in [1.165, 1.54) is 23.3 Å². The van der Waals surface area contributed by atoms with Gasteiger partial charge in [0.15, 0.2) is 0 Å². The SMILES string of the molecule is Cc1ccccc1CN1CCN(C(=O)C2CC(c3ccc(F)cc3)=NO2)CC1. The first-order valence-corrected chi connectivity index (χ1v) is 9.64. The fraction of sp³-hybridized carbons (Fsp3) is 0.364. The third-order valence-electron chi connectivity index (χ3n) is 5.46. The van der Waals surface area contributed by atoms with E-state index >= 15 is 0 Å². The van der Waals surface area contributed by atoms with Gasteiger partial charge in [0.25, 0.3) is 5.91 Å². The Morgan fingerprint density at radius 3 is 2.54 bits per heavy atom. The molecular formula is C22H24FN3O2. The van der Waals surface area contributed by atoms with Crippen LogP contribution in [0.25, 0.3) is 0 Å². The van der Waals surface area contributed by atoms with E-state index in [0.717, 1.165) is 25.2 Å². The van der Waals surface area contributed by atoms with E-state index in [4.69, 9.17) is 4.84 Å². The molecule has 2 aliphatic rings. The zero-order chi connectivity index (χ0) is 19.5. The summed E-state index contributed by atoms with van der Waals surface area (Å²) in [5, 5.41) is 4.05. The van der Waals surface area contributed by atoms with Gasteiger partial charge in [0, 0.05) is 39.1 Å². The van der Waals surface area contributed by atoms with Crippen LogP contribution in [-0.4, -0.2) is 53.7 Å². The summed E-state index contributed by atoms with van der Waals surface area (Å²) in [4.78, 5) is 22.4. The molecule has 6 heteroatoms. The number of halogens is 1. The Labute approximate surface area is 164 Å². The van der Waals surface area contributed by atoms with Crippen molar-refractivity contribution in [1.29, 1.82) is 0 Å². The van der Waals surface area contributed by atoms with Crippen molar-refractivity contribution in [2.24, 2.45) is 5.16 Å². The predicted molar refractivity (Wildman–Crippen MR) is 105 cm³/mol. The standard InChI is InChI=1S/C22H24FN3O2/c1-16-4-2-3-5-18(16)15-25-10-12-26(13-11-25)22(27)21-14-20(24-28-21)17-6-8-19(23)9-7-17/h2-9,21H,10-15H2,1H3. The van der Waals surface area contributed by atoms with Gasteiger partial charge in [-0.05, 0) is 35.7 Å². The Kier molecular flexibility index (Phi) is 5.39. The minimum atomic E-state index is -0.581. The molecular weight excluding hydrogens is 357 g/mol. The van der Waals surface area contributed by atoms with Crippen molar-refractivity contribution in [1.82, 2.24) is 9.80 Å². The van der Waals surface area contributed by atoms with E-state index in [0.29, 0.717) is 25.2 Å². The first kappa shape index (κ1) is 18.6. The molecule has 1 fully saturated rings.